The van der Waals surface area contributed by atoms with E-state index in [1.54, 1.807) is 6.20 Å². The molecule has 5 heteroatoms. The number of carbonyl (C=O) groups excluding carboxylic acids is 2. The average molecular weight is 465 g/mol. The second-order valence-electron chi connectivity index (χ2n) is 9.37. The van der Waals surface area contributed by atoms with E-state index in [1.165, 1.54) is 7.11 Å². The molecular weight excluding hydrogens is 436 g/mol. The Kier molecular flexibility index (Phi) is 5.36. The van der Waals surface area contributed by atoms with Gasteiger partial charge in [-0.15, -0.1) is 6.58 Å². The quantitative estimate of drug-likeness (QED) is 0.253. The summed E-state index contributed by atoms with van der Waals surface area (Å²) < 4.78 is 5.72. The molecule has 0 amide bonds. The number of ketones is 2. The predicted octanol–water partition coefficient (Wildman–Crippen LogP) is 6.49. The van der Waals surface area contributed by atoms with Gasteiger partial charge in [0.15, 0.2) is 11.5 Å². The lowest BCUT2D eigenvalue weighted by Crippen LogP contribution is -2.25. The predicted molar refractivity (Wildman–Crippen MR) is 141 cm³/mol. The highest BCUT2D eigenvalue weighted by molar-refractivity contribution is 6.49. The number of hydrogen-bond acceptors (Lipinski definition) is 3. The number of allylic oxidation sites excluding steroid dienone is 4. The number of methoxy groups -OCH3 is 1. The van der Waals surface area contributed by atoms with Gasteiger partial charge in [-0.2, -0.15) is 0 Å². The van der Waals surface area contributed by atoms with Crippen LogP contribution < -0.4 is 0 Å². The molecule has 4 aromatic rings. The molecule has 35 heavy (non-hydrogen) atoms. The highest BCUT2D eigenvalue weighted by Gasteiger charge is 2.40. The maximum atomic E-state index is 14.2. The van der Waals surface area contributed by atoms with Gasteiger partial charge >= 0.3 is 0 Å². The van der Waals surface area contributed by atoms with Crippen LogP contribution in [0.3, 0.4) is 0 Å². The van der Waals surface area contributed by atoms with Gasteiger partial charge in [0, 0.05) is 61.4 Å². The van der Waals surface area contributed by atoms with Crippen LogP contribution in [0.25, 0.3) is 33.0 Å². The minimum absolute atomic E-state index is 0.0679. The van der Waals surface area contributed by atoms with Crippen LogP contribution in [0, 0.1) is 0 Å². The number of rotatable bonds is 6. The Hall–Kier alpha value is -4.12. The summed E-state index contributed by atoms with van der Waals surface area (Å²) in [6, 6.07) is 15.6. The van der Waals surface area contributed by atoms with E-state index in [2.05, 4.69) is 16.5 Å². The molecule has 0 bridgehead atoms. The monoisotopic (exact) mass is 464 g/mol. The van der Waals surface area contributed by atoms with Gasteiger partial charge in [0.05, 0.1) is 12.7 Å². The topological polar surface area (TPSA) is 75.0 Å². The number of para-hydroxylation sites is 2. The van der Waals surface area contributed by atoms with Crippen LogP contribution in [-0.2, 0) is 19.7 Å². The molecule has 0 saturated heterocycles. The highest BCUT2D eigenvalue weighted by atomic mass is 16.5. The minimum atomic E-state index is -0.475. The third-order valence-electron chi connectivity index (χ3n) is 6.99. The zero-order chi connectivity index (χ0) is 24.9. The molecule has 0 spiro atoms. The third-order valence-corrected chi connectivity index (χ3v) is 6.99. The zero-order valence-electron chi connectivity index (χ0n) is 20.4. The van der Waals surface area contributed by atoms with Crippen molar-refractivity contribution >= 4 is 44.5 Å². The van der Waals surface area contributed by atoms with E-state index in [0.717, 1.165) is 33.1 Å². The number of Topliss-reactive ketones (excluding diaryl/α,β-unsaturated/α-hetero) is 2. The Balaban J connectivity index is 1.82. The summed E-state index contributed by atoms with van der Waals surface area (Å²) in [4.78, 5) is 35.0. The van der Waals surface area contributed by atoms with Crippen molar-refractivity contribution in [3.8, 4) is 0 Å². The van der Waals surface area contributed by atoms with Crippen molar-refractivity contribution < 1.29 is 14.3 Å². The number of hydrogen-bond donors (Lipinski definition) is 2. The first-order valence-corrected chi connectivity index (χ1v) is 11.8. The van der Waals surface area contributed by atoms with Gasteiger partial charge in [-0.05, 0) is 18.6 Å². The van der Waals surface area contributed by atoms with Gasteiger partial charge in [0.1, 0.15) is 0 Å². The van der Waals surface area contributed by atoms with Crippen LogP contribution in [-0.4, -0.2) is 28.6 Å². The molecule has 0 unspecified atom stereocenters. The van der Waals surface area contributed by atoms with Crippen molar-refractivity contribution in [2.45, 2.75) is 32.6 Å². The normalized spacial score (nSPS) is 15.0. The number of fused-ring (bicyclic) bond motifs is 2. The fourth-order valence-electron chi connectivity index (χ4n) is 5.04. The van der Waals surface area contributed by atoms with E-state index in [9.17, 15) is 9.59 Å². The second kappa shape index (κ2) is 8.27. The molecule has 2 heterocycles. The van der Waals surface area contributed by atoms with Gasteiger partial charge in [-0.3, -0.25) is 9.59 Å². The molecule has 5 nitrogen and oxygen atoms in total. The Bertz CT molecular complexity index is 1590. The third kappa shape index (κ3) is 3.30. The molecule has 2 aromatic carbocycles. The Morgan fingerprint density at radius 1 is 0.943 bits per heavy atom. The van der Waals surface area contributed by atoms with Gasteiger partial charge in [0.2, 0.25) is 5.78 Å². The van der Waals surface area contributed by atoms with Gasteiger partial charge in [-0.1, -0.05) is 63.2 Å². The number of ether oxygens (including phenoxy) is 1. The van der Waals surface area contributed by atoms with Crippen molar-refractivity contribution in [3.05, 3.63) is 95.5 Å². The SMILES string of the molecule is C=CC(C)(C)c1[nH]c2ccccc2c1C1=C(OC)C(=O)C(c2c[nH]c3ccccc23)=C(CC)C1=O. The van der Waals surface area contributed by atoms with E-state index >= 15 is 0 Å². The lowest BCUT2D eigenvalue weighted by Gasteiger charge is -2.26. The molecule has 0 saturated carbocycles. The molecule has 1 aliphatic rings. The van der Waals surface area contributed by atoms with E-state index in [4.69, 9.17) is 4.74 Å². The Morgan fingerprint density at radius 2 is 1.60 bits per heavy atom. The van der Waals surface area contributed by atoms with Crippen molar-refractivity contribution in [2.75, 3.05) is 7.11 Å². The molecule has 2 aromatic heterocycles. The van der Waals surface area contributed by atoms with Crippen molar-refractivity contribution in [2.24, 2.45) is 0 Å². The second-order valence-corrected chi connectivity index (χ2v) is 9.37. The first-order chi connectivity index (χ1) is 16.8. The summed E-state index contributed by atoms with van der Waals surface area (Å²) in [5, 5.41) is 1.77. The maximum absolute atomic E-state index is 14.2. The number of aromatic amines is 2. The number of benzene rings is 2. The molecule has 0 aliphatic heterocycles. The first kappa shape index (κ1) is 22.7. The van der Waals surface area contributed by atoms with Gasteiger partial charge < -0.3 is 14.7 Å². The number of carbonyl (C=O) groups is 2. The molecule has 0 fully saturated rings. The minimum Gasteiger partial charge on any atom is -0.492 e. The lowest BCUT2D eigenvalue weighted by atomic mass is 9.77. The molecular formula is C30H28N2O3. The highest BCUT2D eigenvalue weighted by Crippen LogP contribution is 2.44. The van der Waals surface area contributed by atoms with Crippen LogP contribution in [0.2, 0.25) is 0 Å². The van der Waals surface area contributed by atoms with Crippen LogP contribution in [0.1, 0.15) is 44.0 Å². The summed E-state index contributed by atoms with van der Waals surface area (Å²) in [7, 11) is 1.46. The van der Waals surface area contributed by atoms with Crippen molar-refractivity contribution in [1.29, 1.82) is 0 Å². The van der Waals surface area contributed by atoms with Crippen LogP contribution in [0.4, 0.5) is 0 Å². The zero-order valence-corrected chi connectivity index (χ0v) is 20.4. The largest absolute Gasteiger partial charge is 0.492 e. The lowest BCUT2D eigenvalue weighted by molar-refractivity contribution is -0.116. The van der Waals surface area contributed by atoms with Crippen LogP contribution >= 0.6 is 0 Å². The fraction of sp³-hybridized carbons (Fsp3) is 0.200. The summed E-state index contributed by atoms with van der Waals surface area (Å²) >= 11 is 0. The van der Waals surface area contributed by atoms with E-state index < -0.39 is 5.41 Å². The van der Waals surface area contributed by atoms with E-state index in [0.29, 0.717) is 28.7 Å². The van der Waals surface area contributed by atoms with Crippen LogP contribution in [0.5, 0.6) is 0 Å². The number of nitrogens with one attached hydrogen (secondary N) is 2. The van der Waals surface area contributed by atoms with Gasteiger partial charge in [-0.25, -0.2) is 0 Å². The molecule has 0 radical (unpaired) electrons. The Labute approximate surface area is 204 Å². The first-order valence-electron chi connectivity index (χ1n) is 11.8. The van der Waals surface area contributed by atoms with Gasteiger partial charge in [0.25, 0.3) is 0 Å². The molecule has 176 valence electrons. The van der Waals surface area contributed by atoms with Crippen molar-refractivity contribution in [3.63, 3.8) is 0 Å². The number of aromatic nitrogens is 2. The summed E-state index contributed by atoms with van der Waals surface area (Å²) in [6.45, 7) is 9.99. The maximum Gasteiger partial charge on any atom is 0.229 e. The molecule has 0 atom stereocenters. The molecule has 1 aliphatic carbocycles. The smallest absolute Gasteiger partial charge is 0.229 e. The summed E-state index contributed by atoms with van der Waals surface area (Å²) in [5.41, 5.74) is 4.76. The fourth-order valence-corrected chi connectivity index (χ4v) is 5.04. The standard InChI is InChI=1S/C30H28N2O3/c1-6-17-23(20-16-31-21-14-10-8-12-18(20)21)27(34)28(35-5)25(26(17)33)24-19-13-9-11-15-22(19)32-29(24)30(3,4)7-2/h7-16,31-32H,2,6H2,1,3-5H3. The summed E-state index contributed by atoms with van der Waals surface area (Å²) in [5.74, 6) is -0.398. The number of H-pyrrole nitrogens is 2. The molecule has 5 rings (SSSR count). The Morgan fingerprint density at radius 3 is 2.26 bits per heavy atom. The molecule has 2 N–H and O–H groups in total. The average Bonchev–Trinajstić information content (AvgIpc) is 3.47. The van der Waals surface area contributed by atoms with Crippen LogP contribution in [0.15, 0.2) is 78.7 Å². The van der Waals surface area contributed by atoms with E-state index in [-0.39, 0.29) is 17.3 Å². The summed E-state index contributed by atoms with van der Waals surface area (Å²) in [6.07, 6.45) is 4.07. The van der Waals surface area contributed by atoms with E-state index in [1.807, 2.05) is 75.4 Å². The van der Waals surface area contributed by atoms with Crippen molar-refractivity contribution in [1.82, 2.24) is 9.97 Å².